The lowest BCUT2D eigenvalue weighted by Gasteiger charge is -1.99. The van der Waals surface area contributed by atoms with Crippen molar-refractivity contribution in [2.24, 2.45) is 0 Å². The van der Waals surface area contributed by atoms with Crippen LogP contribution in [-0.2, 0) is 0 Å². The number of benzene rings is 1. The molecular formula is C16H8Cl2N2OS. The predicted octanol–water partition coefficient (Wildman–Crippen LogP) is 5.77. The van der Waals surface area contributed by atoms with Crippen LogP contribution >= 0.6 is 34.5 Å². The van der Waals surface area contributed by atoms with E-state index in [-0.39, 0.29) is 0 Å². The van der Waals surface area contributed by atoms with Gasteiger partial charge in [-0.25, -0.2) is 4.98 Å². The van der Waals surface area contributed by atoms with Crippen LogP contribution in [0, 0.1) is 11.3 Å². The van der Waals surface area contributed by atoms with Gasteiger partial charge in [-0.1, -0.05) is 29.3 Å². The summed E-state index contributed by atoms with van der Waals surface area (Å²) in [6.07, 6.45) is 3.22. The molecule has 1 aromatic carbocycles. The lowest BCUT2D eigenvalue weighted by Crippen LogP contribution is -1.83. The second-order valence-corrected chi connectivity index (χ2v) is 6.02. The lowest BCUT2D eigenvalue weighted by molar-refractivity contribution is 0.557. The molecule has 0 spiro atoms. The van der Waals surface area contributed by atoms with Gasteiger partial charge in [0, 0.05) is 17.0 Å². The molecule has 0 aliphatic heterocycles. The number of thiazole rings is 1. The molecule has 0 bridgehead atoms. The van der Waals surface area contributed by atoms with Crippen LogP contribution in [0.4, 0.5) is 0 Å². The van der Waals surface area contributed by atoms with Crippen LogP contribution in [0.15, 0.2) is 46.4 Å². The van der Waals surface area contributed by atoms with E-state index in [2.05, 4.69) is 11.1 Å². The van der Waals surface area contributed by atoms with Gasteiger partial charge in [0.05, 0.1) is 27.6 Å². The summed E-state index contributed by atoms with van der Waals surface area (Å²) in [7, 11) is 0. The number of nitriles is 1. The summed E-state index contributed by atoms with van der Waals surface area (Å²) in [5.41, 5.74) is 2.05. The minimum Gasteiger partial charge on any atom is -0.465 e. The molecule has 3 nitrogen and oxygen atoms in total. The normalized spacial score (nSPS) is 11.4. The van der Waals surface area contributed by atoms with Gasteiger partial charge in [0.1, 0.15) is 16.8 Å². The number of allylic oxidation sites excluding steroid dienone is 1. The fraction of sp³-hybridized carbons (Fsp3) is 0. The molecule has 3 aromatic rings. The van der Waals surface area contributed by atoms with Gasteiger partial charge in [-0.2, -0.15) is 5.26 Å². The molecule has 0 N–H and O–H groups in total. The lowest BCUT2D eigenvalue weighted by atomic mass is 10.2. The molecule has 2 aromatic heterocycles. The smallest absolute Gasteiger partial charge is 0.134 e. The van der Waals surface area contributed by atoms with Crippen molar-refractivity contribution in [3.8, 4) is 17.3 Å². The zero-order valence-electron chi connectivity index (χ0n) is 11.1. The van der Waals surface area contributed by atoms with Crippen LogP contribution in [-0.4, -0.2) is 4.98 Å². The molecule has 0 atom stereocenters. The third kappa shape index (κ3) is 3.07. The van der Waals surface area contributed by atoms with E-state index in [1.165, 1.54) is 11.3 Å². The summed E-state index contributed by atoms with van der Waals surface area (Å²) in [5.74, 6) is 0.614. The van der Waals surface area contributed by atoms with E-state index in [0.717, 1.165) is 11.3 Å². The summed E-state index contributed by atoms with van der Waals surface area (Å²) in [6, 6.07) is 11.0. The van der Waals surface area contributed by atoms with Crippen LogP contribution in [0.3, 0.4) is 0 Å². The maximum Gasteiger partial charge on any atom is 0.134 e. The Morgan fingerprint density at radius 1 is 1.27 bits per heavy atom. The van der Waals surface area contributed by atoms with Gasteiger partial charge in [-0.3, -0.25) is 0 Å². The molecule has 0 saturated heterocycles. The van der Waals surface area contributed by atoms with Crippen LogP contribution in [0.2, 0.25) is 10.0 Å². The van der Waals surface area contributed by atoms with Gasteiger partial charge in [0.2, 0.25) is 0 Å². The highest BCUT2D eigenvalue weighted by Crippen LogP contribution is 2.31. The number of halogens is 2. The van der Waals surface area contributed by atoms with Crippen LogP contribution in [0.25, 0.3) is 22.9 Å². The average Bonchev–Trinajstić information content (AvgIpc) is 3.18. The molecule has 0 radical (unpaired) electrons. The zero-order valence-corrected chi connectivity index (χ0v) is 13.4. The second kappa shape index (κ2) is 6.37. The fourth-order valence-electron chi connectivity index (χ4n) is 1.84. The van der Waals surface area contributed by atoms with Gasteiger partial charge in [-0.05, 0) is 24.3 Å². The van der Waals surface area contributed by atoms with Crippen molar-refractivity contribution in [3.63, 3.8) is 0 Å². The average molecular weight is 347 g/mol. The monoisotopic (exact) mass is 346 g/mol. The summed E-state index contributed by atoms with van der Waals surface area (Å²) < 4.78 is 5.22. The van der Waals surface area contributed by atoms with Crippen molar-refractivity contribution in [2.45, 2.75) is 0 Å². The summed E-state index contributed by atoms with van der Waals surface area (Å²) in [6.45, 7) is 0. The van der Waals surface area contributed by atoms with Crippen molar-refractivity contribution in [2.75, 3.05) is 0 Å². The van der Waals surface area contributed by atoms with Crippen molar-refractivity contribution in [3.05, 3.63) is 62.8 Å². The molecule has 6 heteroatoms. The van der Waals surface area contributed by atoms with Gasteiger partial charge < -0.3 is 4.42 Å². The van der Waals surface area contributed by atoms with Crippen LogP contribution in [0.1, 0.15) is 10.8 Å². The Morgan fingerprint density at radius 2 is 2.14 bits per heavy atom. The largest absolute Gasteiger partial charge is 0.465 e. The van der Waals surface area contributed by atoms with Crippen molar-refractivity contribution in [1.29, 1.82) is 5.26 Å². The first-order valence-electron chi connectivity index (χ1n) is 6.24. The Hall–Kier alpha value is -2.06. The Morgan fingerprint density at radius 3 is 2.82 bits per heavy atom. The number of furan rings is 1. The van der Waals surface area contributed by atoms with Gasteiger partial charge in [0.25, 0.3) is 0 Å². The van der Waals surface area contributed by atoms with E-state index >= 15 is 0 Å². The van der Waals surface area contributed by atoms with Gasteiger partial charge in [-0.15, -0.1) is 11.3 Å². The third-order valence-corrected chi connectivity index (χ3v) is 4.51. The molecule has 2 heterocycles. The quantitative estimate of drug-likeness (QED) is 0.565. The Bertz CT molecular complexity index is 876. The van der Waals surface area contributed by atoms with E-state index in [1.54, 1.807) is 36.6 Å². The summed E-state index contributed by atoms with van der Waals surface area (Å²) in [5, 5.41) is 12.8. The molecule has 22 heavy (non-hydrogen) atoms. The number of hydrogen-bond acceptors (Lipinski definition) is 4. The van der Waals surface area contributed by atoms with E-state index < -0.39 is 0 Å². The molecule has 0 aliphatic rings. The number of nitrogens with zero attached hydrogens (tertiary/aromatic N) is 2. The van der Waals surface area contributed by atoms with Crippen molar-refractivity contribution in [1.82, 2.24) is 4.98 Å². The zero-order chi connectivity index (χ0) is 15.5. The minimum atomic E-state index is 0.450. The number of hydrogen-bond donors (Lipinski definition) is 0. The molecule has 0 fully saturated rings. The molecule has 0 aliphatic carbocycles. The fourth-order valence-corrected chi connectivity index (χ4v) is 2.94. The highest BCUT2D eigenvalue weighted by molar-refractivity contribution is 7.11. The van der Waals surface area contributed by atoms with Gasteiger partial charge in [0.15, 0.2) is 0 Å². The first kappa shape index (κ1) is 14.9. The van der Waals surface area contributed by atoms with Gasteiger partial charge >= 0.3 is 0 Å². The molecule has 3 rings (SSSR count). The Balaban J connectivity index is 1.96. The summed E-state index contributed by atoms with van der Waals surface area (Å²) in [4.78, 5) is 4.49. The van der Waals surface area contributed by atoms with Crippen LogP contribution < -0.4 is 0 Å². The summed E-state index contributed by atoms with van der Waals surface area (Å²) >= 11 is 13.3. The first-order chi connectivity index (χ1) is 10.7. The number of rotatable bonds is 3. The molecule has 0 unspecified atom stereocenters. The first-order valence-corrected chi connectivity index (χ1v) is 7.87. The Kier molecular flexibility index (Phi) is 4.30. The maximum absolute atomic E-state index is 9.31. The van der Waals surface area contributed by atoms with E-state index in [0.29, 0.717) is 26.4 Å². The second-order valence-electron chi connectivity index (χ2n) is 4.35. The predicted molar refractivity (Wildman–Crippen MR) is 89.8 cm³/mol. The van der Waals surface area contributed by atoms with Crippen molar-refractivity contribution >= 4 is 46.2 Å². The minimum absolute atomic E-state index is 0.450. The molecule has 0 saturated carbocycles. The van der Waals surface area contributed by atoms with Crippen molar-refractivity contribution < 1.29 is 4.42 Å². The van der Waals surface area contributed by atoms with E-state index in [4.69, 9.17) is 27.6 Å². The van der Waals surface area contributed by atoms with E-state index in [1.807, 2.05) is 11.4 Å². The number of aromatic nitrogens is 1. The highest BCUT2D eigenvalue weighted by atomic mass is 35.5. The SMILES string of the molecule is N#CC(=Cc1ccco1)c1nc(-c2ccc(Cl)c(Cl)c2)cs1. The van der Waals surface area contributed by atoms with E-state index in [9.17, 15) is 5.26 Å². The molecular weight excluding hydrogens is 339 g/mol. The Labute approximate surface area is 141 Å². The maximum atomic E-state index is 9.31. The molecule has 108 valence electrons. The topological polar surface area (TPSA) is 49.8 Å². The molecule has 0 amide bonds. The highest BCUT2D eigenvalue weighted by Gasteiger charge is 2.10. The third-order valence-electron chi connectivity index (χ3n) is 2.90. The van der Waals surface area contributed by atoms with Crippen LogP contribution in [0.5, 0.6) is 0 Å². The standard InChI is InChI=1S/C16H8Cl2N2OS/c17-13-4-3-10(7-14(13)18)15-9-22-16(20-15)11(8-19)6-12-2-1-5-21-12/h1-7,9H.